The summed E-state index contributed by atoms with van der Waals surface area (Å²) in [6.07, 6.45) is -0.845. The van der Waals surface area contributed by atoms with Crippen LogP contribution in [0.5, 0.6) is 0 Å². The molecule has 7 nitrogen and oxygen atoms in total. The number of hydrogen-bond acceptors (Lipinski definition) is 6. The van der Waals surface area contributed by atoms with Gasteiger partial charge in [0, 0.05) is 13.7 Å². The summed E-state index contributed by atoms with van der Waals surface area (Å²) >= 11 is 0. The minimum atomic E-state index is -2.03. The molecule has 2 rings (SSSR count). The third-order valence-corrected chi connectivity index (χ3v) is 10.9. The third kappa shape index (κ3) is 7.79. The maximum Gasteiger partial charge on any atom is 0.410 e. The van der Waals surface area contributed by atoms with Gasteiger partial charge in [0.05, 0.1) is 24.9 Å². The van der Waals surface area contributed by atoms with E-state index in [2.05, 4.69) is 33.9 Å². The molecule has 1 saturated heterocycles. The molecule has 3 atom stereocenters. The van der Waals surface area contributed by atoms with Crippen LogP contribution in [0.15, 0.2) is 24.3 Å². The number of aliphatic hydroxyl groups excluding tert-OH is 1. The Bertz CT molecular complexity index is 769. The maximum absolute atomic E-state index is 13.0. The van der Waals surface area contributed by atoms with Crippen LogP contribution in [0.1, 0.15) is 65.2 Å². The van der Waals surface area contributed by atoms with E-state index in [1.807, 2.05) is 45.0 Å². The second kappa shape index (κ2) is 10.9. The molecule has 1 aliphatic heterocycles. The van der Waals surface area contributed by atoms with Gasteiger partial charge in [-0.15, -0.1) is 0 Å². The summed E-state index contributed by atoms with van der Waals surface area (Å²) in [6.45, 7) is 17.6. The summed E-state index contributed by atoms with van der Waals surface area (Å²) < 4.78 is 22.6. The van der Waals surface area contributed by atoms with Crippen molar-refractivity contribution < 1.29 is 28.5 Å². The summed E-state index contributed by atoms with van der Waals surface area (Å²) in [6, 6.07) is 7.18. The number of carbonyl (C=O) groups excluding carboxylic acids is 1. The predicted octanol–water partition coefficient (Wildman–Crippen LogP) is 5.24. The SMILES string of the molecule is COCOCc1ccc([C@H](O)[C@@H]2C[C@@H](O[Si](C)(C)C(C)(C)C)CN2C(=O)OC(C)(C)C)cc1. The molecule has 33 heavy (non-hydrogen) atoms. The molecule has 1 amide bonds. The molecule has 0 unspecified atom stereocenters. The van der Waals surface area contributed by atoms with Gasteiger partial charge in [-0.2, -0.15) is 0 Å². The number of amides is 1. The van der Waals surface area contributed by atoms with Gasteiger partial charge < -0.3 is 23.7 Å². The molecule has 1 aromatic carbocycles. The van der Waals surface area contributed by atoms with Crippen molar-refractivity contribution in [3.05, 3.63) is 35.4 Å². The molecular weight excluding hydrogens is 438 g/mol. The Kier molecular flexibility index (Phi) is 9.15. The fraction of sp³-hybridized carbons (Fsp3) is 0.720. The number of hydrogen-bond donors (Lipinski definition) is 1. The third-order valence-electron chi connectivity index (χ3n) is 6.36. The number of rotatable bonds is 8. The second-order valence-electron chi connectivity index (χ2n) is 11.4. The first kappa shape index (κ1) is 27.8. The van der Waals surface area contributed by atoms with Gasteiger partial charge in [0.15, 0.2) is 8.32 Å². The molecule has 0 saturated carbocycles. The highest BCUT2D eigenvalue weighted by atomic mass is 28.4. The summed E-state index contributed by atoms with van der Waals surface area (Å²) in [5.41, 5.74) is 1.11. The zero-order valence-electron chi connectivity index (χ0n) is 21.8. The van der Waals surface area contributed by atoms with Gasteiger partial charge >= 0.3 is 6.09 Å². The molecule has 1 aliphatic rings. The molecule has 1 fully saturated rings. The topological polar surface area (TPSA) is 77.5 Å². The summed E-state index contributed by atoms with van der Waals surface area (Å²) in [4.78, 5) is 14.7. The molecule has 8 heteroatoms. The first-order valence-electron chi connectivity index (χ1n) is 11.7. The van der Waals surface area contributed by atoms with E-state index in [9.17, 15) is 9.90 Å². The van der Waals surface area contributed by atoms with Crippen molar-refractivity contribution in [2.24, 2.45) is 0 Å². The Morgan fingerprint density at radius 3 is 2.27 bits per heavy atom. The highest BCUT2D eigenvalue weighted by Crippen LogP contribution is 2.40. The first-order chi connectivity index (χ1) is 15.1. The van der Waals surface area contributed by atoms with Crippen LogP contribution >= 0.6 is 0 Å². The number of carbonyl (C=O) groups is 1. The van der Waals surface area contributed by atoms with Crippen LogP contribution in [0.4, 0.5) is 4.79 Å². The summed E-state index contributed by atoms with van der Waals surface area (Å²) in [5.74, 6) is 0. The molecule has 0 bridgehead atoms. The van der Waals surface area contributed by atoms with Gasteiger partial charge in [-0.25, -0.2) is 4.79 Å². The Hall–Kier alpha value is -1.45. The highest BCUT2D eigenvalue weighted by Gasteiger charge is 2.46. The standard InChI is InChI=1S/C25H43NO6Si/c1-24(2,3)31-23(28)26-15-20(32-33(8,9)25(4,5)6)14-21(26)22(27)19-12-10-18(11-13-19)16-30-17-29-7/h10-13,20-22,27H,14-17H2,1-9H3/t20-,21+,22+/m1/s1. The highest BCUT2D eigenvalue weighted by molar-refractivity contribution is 6.74. The lowest BCUT2D eigenvalue weighted by molar-refractivity contribution is -0.0390. The van der Waals surface area contributed by atoms with Crippen molar-refractivity contribution in [3.8, 4) is 0 Å². The van der Waals surface area contributed by atoms with E-state index in [-0.39, 0.29) is 17.9 Å². The van der Waals surface area contributed by atoms with Crippen molar-refractivity contribution in [2.45, 2.75) is 96.6 Å². The number of nitrogens with zero attached hydrogens (tertiary/aromatic N) is 1. The molecule has 1 heterocycles. The largest absolute Gasteiger partial charge is 0.444 e. The van der Waals surface area contributed by atoms with E-state index in [1.165, 1.54) is 0 Å². The van der Waals surface area contributed by atoms with Crippen LogP contribution in [-0.4, -0.2) is 62.6 Å². The Balaban J connectivity index is 2.21. The van der Waals surface area contributed by atoms with Crippen LogP contribution in [0, 0.1) is 0 Å². The van der Waals surface area contributed by atoms with E-state index < -0.39 is 32.2 Å². The maximum atomic E-state index is 13.0. The second-order valence-corrected chi connectivity index (χ2v) is 16.1. The lowest BCUT2D eigenvalue weighted by atomic mass is 9.99. The van der Waals surface area contributed by atoms with Crippen LogP contribution in [0.25, 0.3) is 0 Å². The smallest absolute Gasteiger partial charge is 0.410 e. The average molecular weight is 482 g/mol. The number of likely N-dealkylation sites (tertiary alicyclic amines) is 1. The summed E-state index contributed by atoms with van der Waals surface area (Å²) in [7, 11) is -0.450. The fourth-order valence-electron chi connectivity index (χ4n) is 3.61. The molecule has 0 aromatic heterocycles. The van der Waals surface area contributed by atoms with Gasteiger partial charge in [-0.05, 0) is 56.5 Å². The molecule has 0 aliphatic carbocycles. The average Bonchev–Trinajstić information content (AvgIpc) is 3.09. The zero-order valence-corrected chi connectivity index (χ0v) is 22.8. The Labute approximate surface area is 200 Å². The van der Waals surface area contributed by atoms with E-state index in [1.54, 1.807) is 12.0 Å². The minimum Gasteiger partial charge on any atom is -0.444 e. The van der Waals surface area contributed by atoms with Crippen LogP contribution in [0.3, 0.4) is 0 Å². The van der Waals surface area contributed by atoms with Crippen molar-refractivity contribution >= 4 is 14.4 Å². The van der Waals surface area contributed by atoms with Gasteiger partial charge in [0.25, 0.3) is 0 Å². The molecule has 1 N–H and O–H groups in total. The zero-order chi connectivity index (χ0) is 25.0. The molecular formula is C25H43NO6Si. The van der Waals surface area contributed by atoms with Crippen LogP contribution in [0.2, 0.25) is 18.1 Å². The monoisotopic (exact) mass is 481 g/mol. The Morgan fingerprint density at radius 1 is 1.15 bits per heavy atom. The molecule has 0 spiro atoms. The number of aliphatic hydroxyl groups is 1. The van der Waals surface area contributed by atoms with E-state index in [4.69, 9.17) is 18.6 Å². The lowest BCUT2D eigenvalue weighted by Gasteiger charge is -2.38. The van der Waals surface area contributed by atoms with E-state index >= 15 is 0 Å². The van der Waals surface area contributed by atoms with Crippen LogP contribution < -0.4 is 0 Å². The van der Waals surface area contributed by atoms with Crippen molar-refractivity contribution in [2.75, 3.05) is 20.4 Å². The number of benzene rings is 1. The van der Waals surface area contributed by atoms with Gasteiger partial charge in [-0.1, -0.05) is 45.0 Å². The fourth-order valence-corrected chi connectivity index (χ4v) is 4.97. The minimum absolute atomic E-state index is 0.0567. The van der Waals surface area contributed by atoms with Crippen molar-refractivity contribution in [1.29, 1.82) is 0 Å². The van der Waals surface area contributed by atoms with Gasteiger partial charge in [-0.3, -0.25) is 4.90 Å². The Morgan fingerprint density at radius 2 is 1.76 bits per heavy atom. The lowest BCUT2D eigenvalue weighted by Crippen LogP contribution is -2.45. The van der Waals surface area contributed by atoms with Gasteiger partial charge in [0.2, 0.25) is 0 Å². The summed E-state index contributed by atoms with van der Waals surface area (Å²) in [5, 5.41) is 11.3. The predicted molar refractivity (Wildman–Crippen MR) is 131 cm³/mol. The first-order valence-corrected chi connectivity index (χ1v) is 14.6. The quantitative estimate of drug-likeness (QED) is 0.311. The van der Waals surface area contributed by atoms with E-state index in [0.717, 1.165) is 11.1 Å². The van der Waals surface area contributed by atoms with Crippen LogP contribution in [-0.2, 0) is 25.2 Å². The van der Waals surface area contributed by atoms with Crippen molar-refractivity contribution in [1.82, 2.24) is 4.90 Å². The number of methoxy groups -OCH3 is 1. The molecule has 0 radical (unpaired) electrons. The van der Waals surface area contributed by atoms with E-state index in [0.29, 0.717) is 19.6 Å². The van der Waals surface area contributed by atoms with Gasteiger partial charge in [0.1, 0.15) is 12.4 Å². The molecule has 1 aromatic rings. The number of ether oxygens (including phenoxy) is 3. The molecule has 188 valence electrons. The van der Waals surface area contributed by atoms with Crippen molar-refractivity contribution in [3.63, 3.8) is 0 Å². The normalized spacial score (nSPS) is 20.7.